The number of hydrogen-bond donors (Lipinski definition) is 2. The highest BCUT2D eigenvalue weighted by atomic mass is 16.5. The van der Waals surface area contributed by atoms with Crippen LogP contribution in [0.15, 0.2) is 0 Å². The number of nitrogens with one attached hydrogen (secondary N) is 2. The molecular formula is C16H26N2O5. The molecule has 0 saturated heterocycles. The molecule has 0 aromatic rings. The predicted molar refractivity (Wildman–Crippen MR) is 83.4 cm³/mol. The zero-order valence-electron chi connectivity index (χ0n) is 14.2. The Kier molecular flexibility index (Phi) is 7.19. The first kappa shape index (κ1) is 19.1. The van der Waals surface area contributed by atoms with Crippen LogP contribution in [0.3, 0.4) is 0 Å². The number of methoxy groups -OCH3 is 1. The topological polar surface area (TPSA) is 102 Å². The number of esters is 1. The SMILES string of the molecule is COC(=O)[C@H](NC(=O)[C@H](NC(C)=O)C(C)C)[C@H]1CCCC(=O)C1. The molecule has 0 bridgehead atoms. The fraction of sp³-hybridized carbons (Fsp3) is 0.750. The number of rotatable bonds is 6. The lowest BCUT2D eigenvalue weighted by Gasteiger charge is -2.30. The van der Waals surface area contributed by atoms with Crippen molar-refractivity contribution < 1.29 is 23.9 Å². The molecule has 2 N–H and O–H groups in total. The summed E-state index contributed by atoms with van der Waals surface area (Å²) in [4.78, 5) is 47.4. The summed E-state index contributed by atoms with van der Waals surface area (Å²) in [5.74, 6) is -1.64. The molecule has 0 aromatic carbocycles. The van der Waals surface area contributed by atoms with Crippen LogP contribution in [0.4, 0.5) is 0 Å². The number of ketones is 1. The number of hydrogen-bond acceptors (Lipinski definition) is 5. The van der Waals surface area contributed by atoms with Gasteiger partial charge in [-0.2, -0.15) is 0 Å². The molecule has 1 aliphatic rings. The van der Waals surface area contributed by atoms with Crippen molar-refractivity contribution in [3.8, 4) is 0 Å². The Labute approximate surface area is 136 Å². The van der Waals surface area contributed by atoms with Gasteiger partial charge in [0.15, 0.2) is 0 Å². The number of ether oxygens (including phenoxy) is 1. The lowest BCUT2D eigenvalue weighted by Crippen LogP contribution is -2.55. The van der Waals surface area contributed by atoms with E-state index >= 15 is 0 Å². The number of carbonyl (C=O) groups excluding carboxylic acids is 4. The maximum atomic E-state index is 12.5. The minimum Gasteiger partial charge on any atom is -0.467 e. The monoisotopic (exact) mass is 326 g/mol. The zero-order valence-corrected chi connectivity index (χ0v) is 14.2. The summed E-state index contributed by atoms with van der Waals surface area (Å²) in [6.07, 6.45) is 2.15. The van der Waals surface area contributed by atoms with Crippen LogP contribution in [0.1, 0.15) is 46.5 Å². The zero-order chi connectivity index (χ0) is 17.6. The molecule has 3 atom stereocenters. The maximum absolute atomic E-state index is 12.5. The summed E-state index contributed by atoms with van der Waals surface area (Å²) in [6, 6.07) is -1.61. The predicted octanol–water partition coefficient (Wildman–Crippen LogP) is 0.564. The van der Waals surface area contributed by atoms with E-state index in [1.54, 1.807) is 13.8 Å². The van der Waals surface area contributed by atoms with Gasteiger partial charge in [0.2, 0.25) is 11.8 Å². The lowest BCUT2D eigenvalue weighted by atomic mass is 9.83. The van der Waals surface area contributed by atoms with E-state index in [-0.39, 0.29) is 29.9 Å². The van der Waals surface area contributed by atoms with Gasteiger partial charge >= 0.3 is 5.97 Å². The highest BCUT2D eigenvalue weighted by molar-refractivity contribution is 5.91. The fourth-order valence-corrected chi connectivity index (χ4v) is 2.84. The molecule has 0 aromatic heterocycles. The highest BCUT2D eigenvalue weighted by Crippen LogP contribution is 2.25. The maximum Gasteiger partial charge on any atom is 0.328 e. The molecule has 23 heavy (non-hydrogen) atoms. The Morgan fingerprint density at radius 1 is 1.22 bits per heavy atom. The Morgan fingerprint density at radius 3 is 2.35 bits per heavy atom. The van der Waals surface area contributed by atoms with E-state index in [0.29, 0.717) is 19.3 Å². The van der Waals surface area contributed by atoms with Gasteiger partial charge in [0, 0.05) is 19.8 Å². The van der Waals surface area contributed by atoms with Gasteiger partial charge in [-0.25, -0.2) is 4.79 Å². The Morgan fingerprint density at radius 2 is 1.87 bits per heavy atom. The molecule has 0 aliphatic heterocycles. The van der Waals surface area contributed by atoms with Gasteiger partial charge in [-0.1, -0.05) is 13.8 Å². The van der Waals surface area contributed by atoms with Crippen molar-refractivity contribution in [2.75, 3.05) is 7.11 Å². The molecule has 7 nitrogen and oxygen atoms in total. The van der Waals surface area contributed by atoms with Gasteiger partial charge in [0.1, 0.15) is 17.9 Å². The second kappa shape index (κ2) is 8.64. The van der Waals surface area contributed by atoms with Crippen LogP contribution in [0.25, 0.3) is 0 Å². The van der Waals surface area contributed by atoms with Crippen LogP contribution in [0.5, 0.6) is 0 Å². The lowest BCUT2D eigenvalue weighted by molar-refractivity contribution is -0.148. The van der Waals surface area contributed by atoms with E-state index in [4.69, 9.17) is 4.74 Å². The average Bonchev–Trinajstić information content (AvgIpc) is 2.48. The van der Waals surface area contributed by atoms with Gasteiger partial charge in [0.05, 0.1) is 7.11 Å². The third-order valence-corrected chi connectivity index (χ3v) is 4.05. The summed E-state index contributed by atoms with van der Waals surface area (Å²) in [5, 5.41) is 5.25. The second-order valence-corrected chi connectivity index (χ2v) is 6.33. The van der Waals surface area contributed by atoms with Gasteiger partial charge in [-0.3, -0.25) is 14.4 Å². The van der Waals surface area contributed by atoms with E-state index in [1.165, 1.54) is 14.0 Å². The highest BCUT2D eigenvalue weighted by Gasteiger charge is 2.36. The molecule has 1 fully saturated rings. The summed E-state index contributed by atoms with van der Waals surface area (Å²) in [6.45, 7) is 4.94. The Balaban J connectivity index is 2.86. The number of Topliss-reactive ketones (excluding diaryl/α,β-unsaturated/α-hetero) is 1. The summed E-state index contributed by atoms with van der Waals surface area (Å²) in [5.41, 5.74) is 0. The first-order valence-corrected chi connectivity index (χ1v) is 7.93. The summed E-state index contributed by atoms with van der Waals surface area (Å²) >= 11 is 0. The Bertz CT molecular complexity index is 475. The molecule has 0 spiro atoms. The molecule has 0 radical (unpaired) electrons. The van der Waals surface area contributed by atoms with Crippen LogP contribution in [-0.4, -0.2) is 42.8 Å². The van der Waals surface area contributed by atoms with Crippen LogP contribution in [0.2, 0.25) is 0 Å². The normalized spacial score (nSPS) is 20.6. The molecule has 1 saturated carbocycles. The third kappa shape index (κ3) is 5.65. The largest absolute Gasteiger partial charge is 0.467 e. The van der Waals surface area contributed by atoms with E-state index in [2.05, 4.69) is 10.6 Å². The third-order valence-electron chi connectivity index (χ3n) is 4.05. The van der Waals surface area contributed by atoms with Gasteiger partial charge in [-0.15, -0.1) is 0 Å². The molecule has 0 unspecified atom stereocenters. The average molecular weight is 326 g/mol. The molecule has 1 aliphatic carbocycles. The molecule has 7 heteroatoms. The van der Waals surface area contributed by atoms with Crippen LogP contribution >= 0.6 is 0 Å². The second-order valence-electron chi connectivity index (χ2n) is 6.33. The van der Waals surface area contributed by atoms with E-state index in [9.17, 15) is 19.2 Å². The molecule has 130 valence electrons. The van der Waals surface area contributed by atoms with Crippen molar-refractivity contribution in [3.05, 3.63) is 0 Å². The van der Waals surface area contributed by atoms with Gasteiger partial charge in [-0.05, 0) is 24.7 Å². The molecule has 1 rings (SSSR count). The number of carbonyl (C=O) groups is 4. The first-order valence-electron chi connectivity index (χ1n) is 7.93. The van der Waals surface area contributed by atoms with Crippen LogP contribution in [0, 0.1) is 11.8 Å². The Hall–Kier alpha value is -1.92. The minimum absolute atomic E-state index is 0.0895. The minimum atomic E-state index is -0.869. The molecule has 0 heterocycles. The smallest absolute Gasteiger partial charge is 0.328 e. The molecule has 2 amide bonds. The van der Waals surface area contributed by atoms with Gasteiger partial charge < -0.3 is 15.4 Å². The van der Waals surface area contributed by atoms with Crippen molar-refractivity contribution in [2.45, 2.75) is 58.5 Å². The van der Waals surface area contributed by atoms with Crippen molar-refractivity contribution >= 4 is 23.6 Å². The van der Waals surface area contributed by atoms with E-state index < -0.39 is 24.0 Å². The van der Waals surface area contributed by atoms with Crippen LogP contribution < -0.4 is 10.6 Å². The summed E-state index contributed by atoms with van der Waals surface area (Å²) < 4.78 is 4.77. The number of amides is 2. The van der Waals surface area contributed by atoms with Crippen molar-refractivity contribution in [1.82, 2.24) is 10.6 Å². The summed E-state index contributed by atoms with van der Waals surface area (Å²) in [7, 11) is 1.25. The van der Waals surface area contributed by atoms with Crippen molar-refractivity contribution in [3.63, 3.8) is 0 Å². The van der Waals surface area contributed by atoms with Crippen LogP contribution in [-0.2, 0) is 23.9 Å². The van der Waals surface area contributed by atoms with Crippen molar-refractivity contribution in [1.29, 1.82) is 0 Å². The molecular weight excluding hydrogens is 300 g/mol. The van der Waals surface area contributed by atoms with Crippen molar-refractivity contribution in [2.24, 2.45) is 11.8 Å². The van der Waals surface area contributed by atoms with E-state index in [1.807, 2.05) is 0 Å². The van der Waals surface area contributed by atoms with Gasteiger partial charge in [0.25, 0.3) is 0 Å². The van der Waals surface area contributed by atoms with E-state index in [0.717, 1.165) is 0 Å². The fourth-order valence-electron chi connectivity index (χ4n) is 2.84. The standard InChI is InChI=1S/C16H26N2O5/c1-9(2)13(17-10(3)19)15(21)18-14(16(22)23-4)11-6-5-7-12(20)8-11/h9,11,13-14H,5-8H2,1-4H3,(H,17,19)(H,18,21)/t11-,13+,14+/m0/s1. The quantitative estimate of drug-likeness (QED) is 0.695. The first-order chi connectivity index (χ1) is 10.8.